The number of halogens is 1. The molecule has 0 aliphatic rings. The van der Waals surface area contributed by atoms with Gasteiger partial charge in [-0.3, -0.25) is 9.59 Å². The van der Waals surface area contributed by atoms with Crippen LogP contribution in [0, 0.1) is 5.92 Å². The van der Waals surface area contributed by atoms with Gasteiger partial charge in [-0.05, 0) is 38.3 Å². The Kier molecular flexibility index (Phi) is 9.42. The molecule has 1 aromatic heterocycles. The zero-order valence-corrected chi connectivity index (χ0v) is 16.8. The highest BCUT2D eigenvalue weighted by Gasteiger charge is 2.25. The maximum atomic E-state index is 12.3. The molecule has 1 heterocycles. The second kappa shape index (κ2) is 10.8. The Morgan fingerprint density at radius 3 is 2.44 bits per heavy atom. The molecular weight excluding hydrogens is 360 g/mol. The minimum atomic E-state index is -0.543. The van der Waals surface area contributed by atoms with Crippen molar-refractivity contribution in [3.63, 3.8) is 0 Å². The molecule has 2 amide bonds. The van der Waals surface area contributed by atoms with E-state index in [2.05, 4.69) is 16.0 Å². The zero-order valence-electron chi connectivity index (χ0n) is 15.3. The van der Waals surface area contributed by atoms with Crippen molar-refractivity contribution < 1.29 is 9.59 Å². The number of thiophene rings is 1. The predicted octanol–water partition coefficient (Wildman–Crippen LogP) is 1.53. The van der Waals surface area contributed by atoms with E-state index in [1.807, 2.05) is 32.9 Å². The maximum absolute atomic E-state index is 12.3. The van der Waals surface area contributed by atoms with Crippen LogP contribution in [0.1, 0.15) is 32.6 Å². The summed E-state index contributed by atoms with van der Waals surface area (Å²) in [6, 6.07) is 2.72. The van der Waals surface area contributed by atoms with Crippen molar-refractivity contribution >= 4 is 34.8 Å². The van der Waals surface area contributed by atoms with Gasteiger partial charge >= 0.3 is 0 Å². The van der Waals surface area contributed by atoms with E-state index in [4.69, 9.17) is 17.3 Å². The van der Waals surface area contributed by atoms with E-state index in [9.17, 15) is 9.59 Å². The van der Waals surface area contributed by atoms with Gasteiger partial charge in [-0.15, -0.1) is 11.3 Å². The Hall–Kier alpha value is -1.15. The van der Waals surface area contributed by atoms with Crippen molar-refractivity contribution in [2.75, 3.05) is 13.1 Å². The van der Waals surface area contributed by atoms with E-state index < -0.39 is 12.1 Å². The van der Waals surface area contributed by atoms with Crippen molar-refractivity contribution in [2.45, 2.75) is 52.2 Å². The fraction of sp³-hybridized carbons (Fsp3) is 0.647. The van der Waals surface area contributed by atoms with Crippen LogP contribution in [0.3, 0.4) is 0 Å². The molecule has 3 atom stereocenters. The number of carbonyl (C=O) groups is 2. The van der Waals surface area contributed by atoms with E-state index in [1.165, 1.54) is 11.3 Å². The fourth-order valence-electron chi connectivity index (χ4n) is 2.31. The van der Waals surface area contributed by atoms with Crippen molar-refractivity contribution in [2.24, 2.45) is 11.7 Å². The van der Waals surface area contributed by atoms with Gasteiger partial charge in [0, 0.05) is 24.0 Å². The molecule has 6 nitrogen and oxygen atoms in total. The van der Waals surface area contributed by atoms with E-state index in [0.29, 0.717) is 19.5 Å². The molecule has 0 saturated heterocycles. The lowest BCUT2D eigenvalue weighted by molar-refractivity contribution is -0.130. The lowest BCUT2D eigenvalue weighted by atomic mass is 10.0. The summed E-state index contributed by atoms with van der Waals surface area (Å²) in [5, 5.41) is 8.68. The molecule has 5 N–H and O–H groups in total. The third kappa shape index (κ3) is 7.73. The molecular formula is C17H29ClN4O2S. The van der Waals surface area contributed by atoms with Crippen LogP contribution < -0.4 is 21.7 Å². The number of rotatable bonds is 10. The molecule has 0 saturated carbocycles. The van der Waals surface area contributed by atoms with Crippen LogP contribution in [-0.2, 0) is 16.0 Å². The highest BCUT2D eigenvalue weighted by atomic mass is 35.5. The lowest BCUT2D eigenvalue weighted by Crippen LogP contribution is -2.55. The van der Waals surface area contributed by atoms with Crippen LogP contribution in [0.25, 0.3) is 0 Å². The van der Waals surface area contributed by atoms with Gasteiger partial charge in [-0.2, -0.15) is 0 Å². The van der Waals surface area contributed by atoms with Gasteiger partial charge in [0.15, 0.2) is 0 Å². The van der Waals surface area contributed by atoms with Gasteiger partial charge in [0.1, 0.15) is 6.04 Å². The quantitative estimate of drug-likeness (QED) is 0.488. The van der Waals surface area contributed by atoms with Crippen molar-refractivity contribution in [1.82, 2.24) is 16.0 Å². The first-order valence-corrected chi connectivity index (χ1v) is 9.75. The highest BCUT2D eigenvalue weighted by Crippen LogP contribution is 2.22. The van der Waals surface area contributed by atoms with Gasteiger partial charge in [0.25, 0.3) is 0 Å². The van der Waals surface area contributed by atoms with Crippen molar-refractivity contribution in [3.05, 3.63) is 21.3 Å². The van der Waals surface area contributed by atoms with Gasteiger partial charge in [0.05, 0.1) is 10.4 Å². The Labute approximate surface area is 158 Å². The number of likely N-dealkylation sites (N-methyl/N-ethyl adjacent to an activating group) is 1. The molecule has 0 aliphatic carbocycles. The summed E-state index contributed by atoms with van der Waals surface area (Å²) in [5.41, 5.74) is 6.11. The second-order valence-corrected chi connectivity index (χ2v) is 8.22. The third-order valence-corrected chi connectivity index (χ3v) is 5.02. The van der Waals surface area contributed by atoms with Crippen LogP contribution in [0.15, 0.2) is 12.1 Å². The number of nitrogens with two attached hydrogens (primary N) is 1. The van der Waals surface area contributed by atoms with Gasteiger partial charge in [-0.25, -0.2) is 0 Å². The average Bonchev–Trinajstić information content (AvgIpc) is 2.94. The minimum Gasteiger partial charge on any atom is -0.355 e. The van der Waals surface area contributed by atoms with Crippen molar-refractivity contribution in [1.29, 1.82) is 0 Å². The van der Waals surface area contributed by atoms with Crippen LogP contribution in [0.4, 0.5) is 0 Å². The molecule has 1 rings (SSSR count). The topological polar surface area (TPSA) is 96.2 Å². The van der Waals surface area contributed by atoms with E-state index >= 15 is 0 Å². The standard InChI is InChI=1S/C17H29ClN4O2S/c1-5-20-17(24)15(10(2)3)22-16(23)11(4)21-9-12(19)8-13-6-7-14(18)25-13/h6-7,10-12,15,21H,5,8-9,19H2,1-4H3,(H,20,24)(H,22,23)/t11-,12?,15-/m0/s1. The SMILES string of the molecule is CCNC(=O)[C@@H](NC(=O)[C@H](C)NCC(N)Cc1ccc(Cl)s1)C(C)C. The number of amides is 2. The minimum absolute atomic E-state index is 0.00790. The molecule has 25 heavy (non-hydrogen) atoms. The molecule has 0 fully saturated rings. The van der Waals surface area contributed by atoms with E-state index in [0.717, 1.165) is 9.21 Å². The Morgan fingerprint density at radius 1 is 1.24 bits per heavy atom. The second-order valence-electron chi connectivity index (χ2n) is 6.42. The largest absolute Gasteiger partial charge is 0.355 e. The first kappa shape index (κ1) is 21.9. The predicted molar refractivity (Wildman–Crippen MR) is 104 cm³/mol. The van der Waals surface area contributed by atoms with Gasteiger partial charge < -0.3 is 21.7 Å². The summed E-state index contributed by atoms with van der Waals surface area (Å²) in [6.45, 7) is 8.45. The van der Waals surface area contributed by atoms with Crippen molar-refractivity contribution in [3.8, 4) is 0 Å². The summed E-state index contributed by atoms with van der Waals surface area (Å²) < 4.78 is 0.744. The Balaban J connectivity index is 2.45. The summed E-state index contributed by atoms with van der Waals surface area (Å²) in [5.74, 6) is -0.366. The smallest absolute Gasteiger partial charge is 0.242 e. The molecule has 1 unspecified atom stereocenters. The molecule has 0 aromatic carbocycles. The number of hydrogen-bond donors (Lipinski definition) is 4. The normalized spacial score (nSPS) is 14.8. The molecule has 8 heteroatoms. The van der Waals surface area contributed by atoms with E-state index in [-0.39, 0.29) is 23.8 Å². The average molecular weight is 389 g/mol. The molecule has 0 bridgehead atoms. The van der Waals surface area contributed by atoms with Crippen LogP contribution in [0.2, 0.25) is 4.34 Å². The van der Waals surface area contributed by atoms with Crippen LogP contribution in [0.5, 0.6) is 0 Å². The molecule has 1 aromatic rings. The number of nitrogens with one attached hydrogen (secondary N) is 3. The molecule has 142 valence electrons. The third-order valence-electron chi connectivity index (χ3n) is 3.77. The fourth-order valence-corrected chi connectivity index (χ4v) is 3.49. The zero-order chi connectivity index (χ0) is 19.0. The van der Waals surface area contributed by atoms with Crippen LogP contribution in [-0.4, -0.2) is 43.0 Å². The maximum Gasteiger partial charge on any atom is 0.242 e. The Bertz CT molecular complexity index is 565. The van der Waals surface area contributed by atoms with Gasteiger partial charge in [-0.1, -0.05) is 25.4 Å². The summed E-state index contributed by atoms with van der Waals surface area (Å²) in [4.78, 5) is 25.5. The summed E-state index contributed by atoms with van der Waals surface area (Å²) in [6.07, 6.45) is 0.701. The van der Waals surface area contributed by atoms with E-state index in [1.54, 1.807) is 6.92 Å². The Morgan fingerprint density at radius 2 is 1.92 bits per heavy atom. The van der Waals surface area contributed by atoms with Crippen LogP contribution >= 0.6 is 22.9 Å². The summed E-state index contributed by atoms with van der Waals surface area (Å²) >= 11 is 7.42. The molecule has 0 aliphatic heterocycles. The number of hydrogen-bond acceptors (Lipinski definition) is 5. The summed E-state index contributed by atoms with van der Waals surface area (Å²) in [7, 11) is 0. The molecule has 0 spiro atoms. The molecule has 0 radical (unpaired) electrons. The number of carbonyl (C=O) groups excluding carboxylic acids is 2. The lowest BCUT2D eigenvalue weighted by Gasteiger charge is -2.24. The highest BCUT2D eigenvalue weighted by molar-refractivity contribution is 7.16. The van der Waals surface area contributed by atoms with Gasteiger partial charge in [0.2, 0.25) is 11.8 Å². The monoisotopic (exact) mass is 388 g/mol. The first-order valence-electron chi connectivity index (χ1n) is 8.55. The first-order chi connectivity index (χ1) is 11.7.